The van der Waals surface area contributed by atoms with Crippen LogP contribution in [-0.2, 0) is 7.05 Å². The van der Waals surface area contributed by atoms with Crippen LogP contribution in [-0.4, -0.2) is 40.3 Å². The summed E-state index contributed by atoms with van der Waals surface area (Å²) in [6.07, 6.45) is 0. The first kappa shape index (κ1) is 13.0. The van der Waals surface area contributed by atoms with E-state index in [0.717, 1.165) is 0 Å². The fraction of sp³-hybridized carbons (Fsp3) is 0.545. The minimum atomic E-state index is -0.263. The highest BCUT2D eigenvalue weighted by Gasteiger charge is 2.22. The van der Waals surface area contributed by atoms with Crippen molar-refractivity contribution in [1.82, 2.24) is 14.7 Å². The van der Waals surface area contributed by atoms with Gasteiger partial charge >= 0.3 is 0 Å². The lowest BCUT2D eigenvalue weighted by Gasteiger charge is -2.22. The molecule has 0 aliphatic rings. The number of hydrogen-bond donors (Lipinski definition) is 0. The van der Waals surface area contributed by atoms with E-state index in [1.165, 1.54) is 16.7 Å². The molecule has 0 fully saturated rings. The molecular formula is C11H16N4O2. The predicted octanol–water partition coefficient (Wildman–Crippen LogP) is 0.803. The van der Waals surface area contributed by atoms with E-state index in [1.807, 2.05) is 19.9 Å². The van der Waals surface area contributed by atoms with E-state index in [0.29, 0.717) is 5.88 Å². The van der Waals surface area contributed by atoms with Crippen LogP contribution in [0.15, 0.2) is 6.07 Å². The summed E-state index contributed by atoms with van der Waals surface area (Å²) in [5, 5.41) is 12.8. The van der Waals surface area contributed by atoms with Crippen LogP contribution >= 0.6 is 0 Å². The van der Waals surface area contributed by atoms with Crippen molar-refractivity contribution in [3.05, 3.63) is 11.8 Å². The molecule has 0 spiro atoms. The number of amides is 1. The van der Waals surface area contributed by atoms with E-state index in [4.69, 9.17) is 10.00 Å². The van der Waals surface area contributed by atoms with Crippen LogP contribution < -0.4 is 4.74 Å². The van der Waals surface area contributed by atoms with Gasteiger partial charge in [-0.3, -0.25) is 4.79 Å². The maximum absolute atomic E-state index is 12.1. The molecule has 6 heteroatoms. The topological polar surface area (TPSA) is 71.2 Å². The number of rotatable bonds is 4. The Labute approximate surface area is 100 Å². The molecule has 0 saturated heterocycles. The van der Waals surface area contributed by atoms with Crippen LogP contribution in [0.5, 0.6) is 5.88 Å². The van der Waals surface area contributed by atoms with Gasteiger partial charge in [0.1, 0.15) is 6.54 Å². The normalized spacial score (nSPS) is 10.1. The molecule has 0 atom stereocenters. The number of ether oxygens (including phenoxy) is 1. The van der Waals surface area contributed by atoms with Crippen LogP contribution in [0.4, 0.5) is 0 Å². The SMILES string of the molecule is COc1cc(C(=O)N(CC#N)C(C)C)nn1C. The summed E-state index contributed by atoms with van der Waals surface area (Å²) < 4.78 is 6.52. The average molecular weight is 236 g/mol. The largest absolute Gasteiger partial charge is 0.481 e. The summed E-state index contributed by atoms with van der Waals surface area (Å²) in [5.41, 5.74) is 0.285. The molecule has 0 radical (unpaired) electrons. The van der Waals surface area contributed by atoms with Crippen molar-refractivity contribution in [1.29, 1.82) is 5.26 Å². The minimum absolute atomic E-state index is 0.0462. The molecule has 0 unspecified atom stereocenters. The highest BCUT2D eigenvalue weighted by atomic mass is 16.5. The molecule has 0 N–H and O–H groups in total. The first-order chi connectivity index (χ1) is 8.01. The molecule has 0 aliphatic heterocycles. The van der Waals surface area contributed by atoms with Gasteiger partial charge < -0.3 is 9.64 Å². The Morgan fingerprint density at radius 1 is 1.71 bits per heavy atom. The molecule has 0 saturated carbocycles. The maximum atomic E-state index is 12.1. The molecule has 17 heavy (non-hydrogen) atoms. The van der Waals surface area contributed by atoms with Crippen molar-refractivity contribution in [2.45, 2.75) is 19.9 Å². The zero-order chi connectivity index (χ0) is 13.0. The number of nitrogens with zero attached hydrogens (tertiary/aromatic N) is 4. The van der Waals surface area contributed by atoms with Gasteiger partial charge in [-0.15, -0.1) is 0 Å². The van der Waals surface area contributed by atoms with Crippen molar-refractivity contribution >= 4 is 5.91 Å². The predicted molar refractivity (Wildman–Crippen MR) is 61.5 cm³/mol. The monoisotopic (exact) mass is 236 g/mol. The molecule has 0 bridgehead atoms. The second kappa shape index (κ2) is 5.34. The van der Waals surface area contributed by atoms with Crippen molar-refractivity contribution in [2.24, 2.45) is 7.05 Å². The number of methoxy groups -OCH3 is 1. The number of aryl methyl sites for hydroxylation is 1. The molecule has 1 aromatic rings. The standard InChI is InChI=1S/C11H16N4O2/c1-8(2)15(6-5-12)11(16)9-7-10(17-4)14(3)13-9/h7-8H,6H2,1-4H3. The zero-order valence-electron chi connectivity index (χ0n) is 10.5. The molecular weight excluding hydrogens is 220 g/mol. The van der Waals surface area contributed by atoms with Crippen LogP contribution in [0.25, 0.3) is 0 Å². The van der Waals surface area contributed by atoms with E-state index < -0.39 is 0 Å². The van der Waals surface area contributed by atoms with Crippen LogP contribution in [0.1, 0.15) is 24.3 Å². The number of carbonyl (C=O) groups is 1. The molecule has 92 valence electrons. The van der Waals surface area contributed by atoms with E-state index in [9.17, 15) is 4.79 Å². The molecule has 6 nitrogen and oxygen atoms in total. The Morgan fingerprint density at radius 3 is 2.76 bits per heavy atom. The van der Waals surface area contributed by atoms with Gasteiger partial charge in [-0.1, -0.05) is 0 Å². The Bertz CT molecular complexity index is 445. The van der Waals surface area contributed by atoms with Crippen molar-refractivity contribution < 1.29 is 9.53 Å². The van der Waals surface area contributed by atoms with Gasteiger partial charge in [0.2, 0.25) is 5.88 Å². The van der Waals surface area contributed by atoms with Gasteiger partial charge in [-0.2, -0.15) is 10.4 Å². The third kappa shape index (κ3) is 2.75. The summed E-state index contributed by atoms with van der Waals surface area (Å²) in [4.78, 5) is 13.6. The van der Waals surface area contributed by atoms with Crippen LogP contribution in [0.3, 0.4) is 0 Å². The van der Waals surface area contributed by atoms with Gasteiger partial charge in [0, 0.05) is 19.2 Å². The van der Waals surface area contributed by atoms with Gasteiger partial charge in [0.15, 0.2) is 5.69 Å². The van der Waals surface area contributed by atoms with E-state index in [2.05, 4.69) is 5.10 Å². The molecule has 1 aromatic heterocycles. The van der Waals surface area contributed by atoms with Crippen molar-refractivity contribution in [3.63, 3.8) is 0 Å². The third-order valence-corrected chi connectivity index (χ3v) is 2.39. The molecule has 1 amide bonds. The maximum Gasteiger partial charge on any atom is 0.275 e. The lowest BCUT2D eigenvalue weighted by molar-refractivity contribution is 0.0724. The average Bonchev–Trinajstić information content (AvgIpc) is 2.66. The number of carbonyl (C=O) groups excluding carboxylic acids is 1. The van der Waals surface area contributed by atoms with Gasteiger partial charge in [0.05, 0.1) is 13.2 Å². The second-order valence-corrected chi connectivity index (χ2v) is 3.88. The van der Waals surface area contributed by atoms with Gasteiger partial charge in [-0.05, 0) is 13.8 Å². The fourth-order valence-corrected chi connectivity index (χ4v) is 1.46. The quantitative estimate of drug-likeness (QED) is 0.725. The Morgan fingerprint density at radius 2 is 2.35 bits per heavy atom. The summed E-state index contributed by atoms with van der Waals surface area (Å²) >= 11 is 0. The molecule has 0 aliphatic carbocycles. The summed E-state index contributed by atoms with van der Waals surface area (Å²) in [6, 6.07) is 3.49. The number of aromatic nitrogens is 2. The Hall–Kier alpha value is -2.03. The first-order valence-corrected chi connectivity index (χ1v) is 5.27. The molecule has 0 aromatic carbocycles. The van der Waals surface area contributed by atoms with Gasteiger partial charge in [0.25, 0.3) is 5.91 Å². The molecule has 1 rings (SSSR count). The second-order valence-electron chi connectivity index (χ2n) is 3.88. The van der Waals surface area contributed by atoms with Crippen LogP contribution in [0.2, 0.25) is 0 Å². The van der Waals surface area contributed by atoms with E-state index >= 15 is 0 Å². The summed E-state index contributed by atoms with van der Waals surface area (Å²) in [5.74, 6) is 0.245. The minimum Gasteiger partial charge on any atom is -0.481 e. The molecule has 1 heterocycles. The highest BCUT2D eigenvalue weighted by Crippen LogP contribution is 2.14. The van der Waals surface area contributed by atoms with E-state index in [-0.39, 0.29) is 24.2 Å². The Kier molecular flexibility index (Phi) is 4.10. The van der Waals surface area contributed by atoms with Crippen molar-refractivity contribution in [3.8, 4) is 11.9 Å². The highest BCUT2D eigenvalue weighted by molar-refractivity contribution is 5.93. The van der Waals surface area contributed by atoms with E-state index in [1.54, 1.807) is 13.1 Å². The first-order valence-electron chi connectivity index (χ1n) is 5.27. The van der Waals surface area contributed by atoms with Crippen molar-refractivity contribution in [2.75, 3.05) is 13.7 Å². The smallest absolute Gasteiger partial charge is 0.275 e. The summed E-state index contributed by atoms with van der Waals surface area (Å²) in [6.45, 7) is 3.76. The third-order valence-electron chi connectivity index (χ3n) is 2.39. The fourth-order valence-electron chi connectivity index (χ4n) is 1.46. The summed E-state index contributed by atoms with van der Waals surface area (Å²) in [7, 11) is 3.21. The lowest BCUT2D eigenvalue weighted by atomic mass is 10.2. The lowest BCUT2D eigenvalue weighted by Crippen LogP contribution is -2.37. The van der Waals surface area contributed by atoms with Gasteiger partial charge in [-0.25, -0.2) is 4.68 Å². The zero-order valence-corrected chi connectivity index (χ0v) is 10.5. The van der Waals surface area contributed by atoms with Crippen LogP contribution in [0, 0.1) is 11.3 Å². The Balaban J connectivity index is 2.97. The number of hydrogen-bond acceptors (Lipinski definition) is 4. The number of nitriles is 1.